The van der Waals surface area contributed by atoms with E-state index in [0.29, 0.717) is 0 Å². The minimum absolute atomic E-state index is 0.133. The Labute approximate surface area is 147 Å². The third kappa shape index (κ3) is 2.65. The molecule has 1 saturated heterocycles. The number of nitrogens with zero attached hydrogens (tertiary/aromatic N) is 1. The van der Waals surface area contributed by atoms with E-state index in [1.54, 1.807) is 14.1 Å². The molecule has 1 aliphatic heterocycles. The van der Waals surface area contributed by atoms with Crippen LogP contribution in [0.1, 0.15) is 18.1 Å². The van der Waals surface area contributed by atoms with Crippen LogP contribution in [0.4, 0.5) is 4.79 Å². The van der Waals surface area contributed by atoms with Gasteiger partial charge in [0, 0.05) is 25.2 Å². The van der Waals surface area contributed by atoms with E-state index in [1.165, 1.54) is 4.90 Å². The Morgan fingerprint density at radius 1 is 1.08 bits per heavy atom. The summed E-state index contributed by atoms with van der Waals surface area (Å²) in [5.74, 6) is -0.590. The number of rotatable bonds is 4. The molecule has 0 aromatic heterocycles. The molecule has 0 saturated carbocycles. The Morgan fingerprint density at radius 3 is 2.00 bits per heavy atom. The van der Waals surface area contributed by atoms with Crippen LogP contribution in [0.15, 0.2) is 60.7 Å². The van der Waals surface area contributed by atoms with Crippen molar-refractivity contribution in [3.63, 3.8) is 0 Å². The van der Waals surface area contributed by atoms with E-state index >= 15 is 0 Å². The number of likely N-dealkylation sites (N-methyl/N-ethyl adjacent to an activating group) is 1. The van der Waals surface area contributed by atoms with Crippen LogP contribution < -0.4 is 5.32 Å². The van der Waals surface area contributed by atoms with Crippen molar-refractivity contribution in [2.45, 2.75) is 18.6 Å². The summed E-state index contributed by atoms with van der Waals surface area (Å²) in [5.41, 5.74) is 0.652. The first-order valence-corrected chi connectivity index (χ1v) is 8.30. The van der Waals surface area contributed by atoms with Crippen LogP contribution in [0.5, 0.6) is 0 Å². The smallest absolute Gasteiger partial charge is 0.411 e. The number of hydrogen-bond donors (Lipinski definition) is 1. The largest absolute Gasteiger partial charge is 0.431 e. The van der Waals surface area contributed by atoms with Crippen LogP contribution in [-0.4, -0.2) is 37.0 Å². The molecule has 0 aliphatic carbocycles. The Hall–Kier alpha value is -2.82. The average molecular weight is 338 g/mol. The molecule has 5 nitrogen and oxygen atoms in total. The molecule has 130 valence electrons. The number of benzene rings is 2. The Kier molecular flexibility index (Phi) is 4.49. The molecule has 2 amide bonds. The van der Waals surface area contributed by atoms with Gasteiger partial charge in [0.15, 0.2) is 5.60 Å². The molecular weight excluding hydrogens is 316 g/mol. The highest BCUT2D eigenvalue weighted by Gasteiger charge is 2.58. The molecule has 1 heterocycles. The van der Waals surface area contributed by atoms with E-state index in [-0.39, 0.29) is 5.91 Å². The summed E-state index contributed by atoms with van der Waals surface area (Å²) in [7, 11) is 3.28. The second kappa shape index (κ2) is 6.59. The highest BCUT2D eigenvalue weighted by molar-refractivity contribution is 5.82. The van der Waals surface area contributed by atoms with Gasteiger partial charge in [-0.25, -0.2) is 4.79 Å². The van der Waals surface area contributed by atoms with E-state index in [9.17, 15) is 9.59 Å². The molecule has 0 spiro atoms. The van der Waals surface area contributed by atoms with Crippen LogP contribution >= 0.6 is 0 Å². The Morgan fingerprint density at radius 2 is 1.56 bits per heavy atom. The maximum Gasteiger partial charge on any atom is 0.411 e. The van der Waals surface area contributed by atoms with E-state index in [1.807, 2.05) is 67.6 Å². The van der Waals surface area contributed by atoms with Gasteiger partial charge in [0.25, 0.3) is 0 Å². The molecule has 0 unspecified atom stereocenters. The fourth-order valence-electron chi connectivity index (χ4n) is 3.71. The lowest BCUT2D eigenvalue weighted by Crippen LogP contribution is -2.51. The van der Waals surface area contributed by atoms with E-state index in [4.69, 9.17) is 4.74 Å². The number of amides is 2. The van der Waals surface area contributed by atoms with Gasteiger partial charge < -0.3 is 15.0 Å². The maximum absolute atomic E-state index is 12.5. The van der Waals surface area contributed by atoms with Crippen LogP contribution in [-0.2, 0) is 15.1 Å². The number of ether oxygens (including phenoxy) is 1. The second-order valence-corrected chi connectivity index (χ2v) is 6.29. The molecular formula is C20H22N2O3. The van der Waals surface area contributed by atoms with Gasteiger partial charge in [-0.1, -0.05) is 67.6 Å². The molecule has 25 heavy (non-hydrogen) atoms. The predicted molar refractivity (Wildman–Crippen MR) is 94.9 cm³/mol. The van der Waals surface area contributed by atoms with Crippen molar-refractivity contribution in [2.24, 2.45) is 5.92 Å². The SMILES string of the molecule is CNC(=O)[C@@H](C)[C@H]1N(C)C(=O)OC1(c1ccccc1)c1ccccc1. The van der Waals surface area contributed by atoms with Crippen molar-refractivity contribution < 1.29 is 14.3 Å². The lowest BCUT2D eigenvalue weighted by atomic mass is 9.75. The Balaban J connectivity index is 2.25. The number of carbonyl (C=O) groups is 2. The first-order chi connectivity index (χ1) is 12.0. The van der Waals surface area contributed by atoms with Gasteiger partial charge in [0.2, 0.25) is 5.91 Å². The van der Waals surface area contributed by atoms with Gasteiger partial charge in [0.1, 0.15) is 0 Å². The molecule has 1 fully saturated rings. The van der Waals surface area contributed by atoms with E-state index in [2.05, 4.69) is 5.32 Å². The summed E-state index contributed by atoms with van der Waals surface area (Å²) in [5, 5.41) is 2.69. The summed E-state index contributed by atoms with van der Waals surface area (Å²) >= 11 is 0. The predicted octanol–water partition coefficient (Wildman–Crippen LogP) is 2.76. The fourth-order valence-corrected chi connectivity index (χ4v) is 3.71. The second-order valence-electron chi connectivity index (χ2n) is 6.29. The monoisotopic (exact) mass is 338 g/mol. The van der Waals surface area contributed by atoms with Gasteiger partial charge >= 0.3 is 6.09 Å². The fraction of sp³-hybridized carbons (Fsp3) is 0.300. The molecule has 0 bridgehead atoms. The molecule has 1 aliphatic rings. The van der Waals surface area contributed by atoms with Crippen molar-refractivity contribution >= 4 is 12.0 Å². The van der Waals surface area contributed by atoms with Crippen LogP contribution in [0, 0.1) is 5.92 Å². The molecule has 1 N–H and O–H groups in total. The highest BCUT2D eigenvalue weighted by atomic mass is 16.6. The van der Waals surface area contributed by atoms with Gasteiger partial charge in [-0.2, -0.15) is 0 Å². The third-order valence-corrected chi connectivity index (χ3v) is 4.91. The summed E-state index contributed by atoms with van der Waals surface area (Å²) in [6.45, 7) is 1.82. The van der Waals surface area contributed by atoms with Crippen molar-refractivity contribution in [2.75, 3.05) is 14.1 Å². The lowest BCUT2D eigenvalue weighted by Gasteiger charge is -2.37. The topological polar surface area (TPSA) is 58.6 Å². The highest BCUT2D eigenvalue weighted by Crippen LogP contribution is 2.46. The van der Waals surface area contributed by atoms with Crippen molar-refractivity contribution in [3.05, 3.63) is 71.8 Å². The zero-order valence-electron chi connectivity index (χ0n) is 14.6. The average Bonchev–Trinajstić information content (AvgIpc) is 2.94. The Bertz CT molecular complexity index is 722. The zero-order chi connectivity index (χ0) is 18.0. The van der Waals surface area contributed by atoms with Crippen molar-refractivity contribution in [1.82, 2.24) is 10.2 Å². The van der Waals surface area contributed by atoms with Gasteiger partial charge in [-0.3, -0.25) is 4.79 Å². The summed E-state index contributed by atoms with van der Waals surface area (Å²) in [4.78, 5) is 26.5. The van der Waals surface area contributed by atoms with Crippen molar-refractivity contribution in [3.8, 4) is 0 Å². The summed E-state index contributed by atoms with van der Waals surface area (Å²) in [6.07, 6.45) is -0.437. The standard InChI is InChI=1S/C20H22N2O3/c1-14(18(23)21-2)17-20(25-19(24)22(17)3,15-10-6-4-7-11-15)16-12-8-5-9-13-16/h4-14,17H,1-3H3,(H,21,23)/t14-,17+/m0/s1. The third-order valence-electron chi connectivity index (χ3n) is 4.91. The minimum Gasteiger partial charge on any atom is -0.431 e. The molecule has 2 atom stereocenters. The summed E-state index contributed by atoms with van der Waals surface area (Å²) < 4.78 is 5.97. The maximum atomic E-state index is 12.5. The van der Waals surface area contributed by atoms with E-state index < -0.39 is 23.7 Å². The quantitative estimate of drug-likeness (QED) is 0.932. The molecule has 2 aromatic carbocycles. The van der Waals surface area contributed by atoms with Gasteiger partial charge in [-0.05, 0) is 0 Å². The first kappa shape index (κ1) is 17.0. The van der Waals surface area contributed by atoms with Crippen LogP contribution in [0.2, 0.25) is 0 Å². The van der Waals surface area contributed by atoms with Crippen LogP contribution in [0.3, 0.4) is 0 Å². The summed E-state index contributed by atoms with van der Waals surface area (Å²) in [6, 6.07) is 18.7. The van der Waals surface area contributed by atoms with Crippen molar-refractivity contribution in [1.29, 1.82) is 0 Å². The molecule has 0 radical (unpaired) electrons. The van der Waals surface area contributed by atoms with Gasteiger partial charge in [0.05, 0.1) is 12.0 Å². The zero-order valence-corrected chi connectivity index (χ0v) is 14.6. The number of nitrogens with one attached hydrogen (secondary N) is 1. The lowest BCUT2D eigenvalue weighted by molar-refractivity contribution is -0.126. The van der Waals surface area contributed by atoms with Crippen LogP contribution in [0.25, 0.3) is 0 Å². The number of carbonyl (C=O) groups excluding carboxylic acids is 2. The number of hydrogen-bond acceptors (Lipinski definition) is 3. The molecule has 3 rings (SSSR count). The molecule has 5 heteroatoms. The minimum atomic E-state index is -1.04. The number of cyclic esters (lactones) is 1. The van der Waals surface area contributed by atoms with E-state index in [0.717, 1.165) is 11.1 Å². The first-order valence-electron chi connectivity index (χ1n) is 8.30. The molecule has 2 aromatic rings. The normalized spacial score (nSPS) is 20.0. The van der Waals surface area contributed by atoms with Gasteiger partial charge in [-0.15, -0.1) is 0 Å².